The lowest BCUT2D eigenvalue weighted by Gasteiger charge is -2.06. The molecule has 0 saturated carbocycles. The molecule has 0 fully saturated rings. The third-order valence-electron chi connectivity index (χ3n) is 2.23. The Morgan fingerprint density at radius 2 is 2.20 bits per heavy atom. The van der Waals surface area contributed by atoms with Crippen LogP contribution in [0, 0.1) is 17.1 Å². The average Bonchev–Trinajstić information content (AvgIpc) is 2.26. The van der Waals surface area contributed by atoms with E-state index in [9.17, 15) is 4.39 Å². The van der Waals surface area contributed by atoms with Crippen molar-refractivity contribution in [3.8, 4) is 6.07 Å². The van der Waals surface area contributed by atoms with E-state index < -0.39 is 6.04 Å². The Morgan fingerprint density at radius 1 is 1.40 bits per heavy atom. The fourth-order valence-corrected chi connectivity index (χ4v) is 1.49. The van der Waals surface area contributed by atoms with Crippen molar-refractivity contribution in [2.24, 2.45) is 5.73 Å². The highest BCUT2D eigenvalue weighted by atomic mass is 19.1. The van der Waals surface area contributed by atoms with Gasteiger partial charge in [0.25, 0.3) is 0 Å². The van der Waals surface area contributed by atoms with Crippen LogP contribution < -0.4 is 5.73 Å². The predicted molar refractivity (Wildman–Crippen MR) is 54.2 cm³/mol. The van der Waals surface area contributed by atoms with Gasteiger partial charge in [0.05, 0.1) is 6.07 Å². The van der Waals surface area contributed by atoms with Gasteiger partial charge in [0.15, 0.2) is 0 Å². The third kappa shape index (κ3) is 1.65. The maximum absolute atomic E-state index is 12.9. The van der Waals surface area contributed by atoms with Crippen molar-refractivity contribution in [2.75, 3.05) is 0 Å². The molecule has 2 rings (SSSR count). The van der Waals surface area contributed by atoms with E-state index in [1.54, 1.807) is 12.3 Å². The highest BCUT2D eigenvalue weighted by Gasteiger charge is 2.09. The van der Waals surface area contributed by atoms with E-state index in [-0.39, 0.29) is 5.82 Å². The minimum absolute atomic E-state index is 0.327. The van der Waals surface area contributed by atoms with E-state index in [1.165, 1.54) is 18.3 Å². The molecule has 15 heavy (non-hydrogen) atoms. The number of hydrogen-bond acceptors (Lipinski definition) is 3. The van der Waals surface area contributed by atoms with Crippen molar-refractivity contribution in [1.29, 1.82) is 5.26 Å². The Bertz CT molecular complexity index is 545. The Morgan fingerprint density at radius 3 is 2.93 bits per heavy atom. The molecule has 0 spiro atoms. The van der Waals surface area contributed by atoms with Crippen molar-refractivity contribution in [1.82, 2.24) is 4.98 Å². The number of nitrogens with zero attached hydrogens (tertiary/aromatic N) is 2. The standard InChI is InChI=1S/C11H8FN3/c12-8-1-2-9-7(3-8)5-15-6-10(9)11(14)4-13/h1-3,5-6,11H,14H2. The normalized spacial score (nSPS) is 12.3. The van der Waals surface area contributed by atoms with Crippen molar-refractivity contribution >= 4 is 10.8 Å². The number of nitrogens with two attached hydrogens (primary N) is 1. The van der Waals surface area contributed by atoms with Crippen molar-refractivity contribution < 1.29 is 4.39 Å². The van der Waals surface area contributed by atoms with Gasteiger partial charge in [0, 0.05) is 23.3 Å². The van der Waals surface area contributed by atoms with E-state index in [4.69, 9.17) is 11.0 Å². The number of pyridine rings is 1. The molecule has 1 unspecified atom stereocenters. The maximum Gasteiger partial charge on any atom is 0.123 e. The molecule has 1 aromatic carbocycles. The van der Waals surface area contributed by atoms with E-state index in [1.807, 2.05) is 6.07 Å². The number of aromatic nitrogens is 1. The first-order valence-corrected chi connectivity index (χ1v) is 4.41. The van der Waals surface area contributed by atoms with E-state index in [0.29, 0.717) is 10.9 Å². The van der Waals surface area contributed by atoms with Crippen LogP contribution in [-0.4, -0.2) is 4.98 Å². The molecule has 0 aliphatic rings. The van der Waals surface area contributed by atoms with Gasteiger partial charge in [0.1, 0.15) is 11.9 Å². The van der Waals surface area contributed by atoms with Crippen LogP contribution in [0.25, 0.3) is 10.8 Å². The minimum Gasteiger partial charge on any atom is -0.312 e. The minimum atomic E-state index is -0.730. The molecular formula is C11H8FN3. The van der Waals surface area contributed by atoms with Gasteiger partial charge in [-0.15, -0.1) is 0 Å². The second-order valence-electron chi connectivity index (χ2n) is 3.20. The summed E-state index contributed by atoms with van der Waals surface area (Å²) in [6.07, 6.45) is 3.08. The quantitative estimate of drug-likeness (QED) is 0.766. The van der Waals surface area contributed by atoms with Gasteiger partial charge in [-0.25, -0.2) is 4.39 Å². The number of benzene rings is 1. The molecular weight excluding hydrogens is 193 g/mol. The summed E-state index contributed by atoms with van der Waals surface area (Å²) in [6.45, 7) is 0. The second kappa shape index (κ2) is 3.64. The molecule has 1 atom stereocenters. The van der Waals surface area contributed by atoms with Crippen LogP contribution in [0.2, 0.25) is 0 Å². The first-order valence-electron chi connectivity index (χ1n) is 4.41. The Hall–Kier alpha value is -1.99. The first-order chi connectivity index (χ1) is 7.22. The van der Waals surface area contributed by atoms with Crippen molar-refractivity contribution in [2.45, 2.75) is 6.04 Å². The van der Waals surface area contributed by atoms with Crippen molar-refractivity contribution in [3.05, 3.63) is 42.0 Å². The molecule has 2 aromatic rings. The fourth-order valence-electron chi connectivity index (χ4n) is 1.49. The lowest BCUT2D eigenvalue weighted by molar-refractivity contribution is 0.629. The molecule has 2 N–H and O–H groups in total. The van der Waals surface area contributed by atoms with Crippen LogP contribution in [0.15, 0.2) is 30.6 Å². The van der Waals surface area contributed by atoms with Crippen LogP contribution >= 0.6 is 0 Å². The number of rotatable bonds is 1. The Balaban J connectivity index is 2.72. The zero-order valence-corrected chi connectivity index (χ0v) is 7.81. The van der Waals surface area contributed by atoms with Gasteiger partial charge in [-0.2, -0.15) is 5.26 Å². The molecule has 1 heterocycles. The van der Waals surface area contributed by atoms with Gasteiger partial charge in [-0.1, -0.05) is 6.07 Å². The van der Waals surface area contributed by atoms with Gasteiger partial charge >= 0.3 is 0 Å². The third-order valence-corrected chi connectivity index (χ3v) is 2.23. The summed E-state index contributed by atoms with van der Waals surface area (Å²) in [4.78, 5) is 3.93. The zero-order valence-electron chi connectivity index (χ0n) is 7.81. The largest absolute Gasteiger partial charge is 0.312 e. The lowest BCUT2D eigenvalue weighted by atomic mass is 10.0. The number of halogens is 1. The number of hydrogen-bond donors (Lipinski definition) is 1. The topological polar surface area (TPSA) is 62.7 Å². The molecule has 4 heteroatoms. The van der Waals surface area contributed by atoms with Crippen LogP contribution in [0.3, 0.4) is 0 Å². The van der Waals surface area contributed by atoms with Gasteiger partial charge in [0.2, 0.25) is 0 Å². The summed E-state index contributed by atoms with van der Waals surface area (Å²) in [5.41, 5.74) is 6.22. The summed E-state index contributed by atoms with van der Waals surface area (Å²) in [5, 5.41) is 10.1. The van der Waals surface area contributed by atoms with Gasteiger partial charge < -0.3 is 5.73 Å². The second-order valence-corrected chi connectivity index (χ2v) is 3.20. The molecule has 0 radical (unpaired) electrons. The van der Waals surface area contributed by atoms with Crippen molar-refractivity contribution in [3.63, 3.8) is 0 Å². The number of fused-ring (bicyclic) bond motifs is 1. The number of nitriles is 1. The molecule has 0 aliphatic carbocycles. The first kappa shape index (κ1) is 9.56. The summed E-state index contributed by atoms with van der Waals surface area (Å²) in [5.74, 6) is -0.327. The fraction of sp³-hybridized carbons (Fsp3) is 0.0909. The van der Waals surface area contributed by atoms with Crippen LogP contribution in [0.1, 0.15) is 11.6 Å². The van der Waals surface area contributed by atoms with Gasteiger partial charge in [-0.3, -0.25) is 4.98 Å². The molecule has 1 aromatic heterocycles. The average molecular weight is 201 g/mol. The van der Waals surface area contributed by atoms with E-state index in [2.05, 4.69) is 4.98 Å². The Labute approximate surface area is 86.0 Å². The molecule has 0 aliphatic heterocycles. The molecule has 74 valence electrons. The maximum atomic E-state index is 12.9. The SMILES string of the molecule is N#CC(N)c1cncc2cc(F)ccc12. The lowest BCUT2D eigenvalue weighted by Crippen LogP contribution is -2.08. The summed E-state index contributed by atoms with van der Waals surface area (Å²) in [6, 6.07) is 5.53. The van der Waals surface area contributed by atoms with Crippen LogP contribution in [0.5, 0.6) is 0 Å². The molecule has 0 bridgehead atoms. The summed E-state index contributed by atoms with van der Waals surface area (Å²) in [7, 11) is 0. The van der Waals surface area contributed by atoms with Gasteiger partial charge in [-0.05, 0) is 17.5 Å². The van der Waals surface area contributed by atoms with Crippen LogP contribution in [-0.2, 0) is 0 Å². The summed E-state index contributed by atoms with van der Waals surface area (Å²) >= 11 is 0. The smallest absolute Gasteiger partial charge is 0.123 e. The molecule has 0 saturated heterocycles. The van der Waals surface area contributed by atoms with Crippen LogP contribution in [0.4, 0.5) is 4.39 Å². The highest BCUT2D eigenvalue weighted by molar-refractivity contribution is 5.85. The highest BCUT2D eigenvalue weighted by Crippen LogP contribution is 2.22. The van der Waals surface area contributed by atoms with E-state index in [0.717, 1.165) is 5.39 Å². The summed E-state index contributed by atoms with van der Waals surface area (Å²) < 4.78 is 12.9. The predicted octanol–water partition coefficient (Wildman–Crippen LogP) is 1.90. The monoisotopic (exact) mass is 201 g/mol. The Kier molecular flexibility index (Phi) is 2.32. The molecule has 0 amide bonds. The zero-order chi connectivity index (χ0) is 10.8. The molecule has 3 nitrogen and oxygen atoms in total. The van der Waals surface area contributed by atoms with E-state index >= 15 is 0 Å².